The van der Waals surface area contributed by atoms with Crippen molar-refractivity contribution in [2.45, 2.75) is 139 Å². The maximum atomic E-state index is 11.8. The van der Waals surface area contributed by atoms with Gasteiger partial charge in [0, 0.05) is 38.0 Å². The van der Waals surface area contributed by atoms with E-state index in [1.807, 2.05) is 0 Å². The molecule has 4 fully saturated rings. The molecule has 0 unspecified atom stereocenters. The van der Waals surface area contributed by atoms with Crippen molar-refractivity contribution >= 4 is 32.0 Å². The average Bonchev–Trinajstić information content (AvgIpc) is 3.77. The monoisotopic (exact) mass is 812 g/mol. The molecule has 0 radical (unpaired) electrons. The van der Waals surface area contributed by atoms with Gasteiger partial charge in [0.15, 0.2) is 11.6 Å². The van der Waals surface area contributed by atoms with Crippen LogP contribution in [0.1, 0.15) is 163 Å². The number of rotatable bonds is 18. The Labute approximate surface area is 325 Å². The fourth-order valence-corrected chi connectivity index (χ4v) is 10.1. The molecule has 6 rings (SSSR count). The van der Waals surface area contributed by atoms with E-state index in [2.05, 4.69) is 20.3 Å². The van der Waals surface area contributed by atoms with Crippen molar-refractivity contribution in [1.82, 2.24) is 28.9 Å². The first-order valence-corrected chi connectivity index (χ1v) is 23.7. The second-order valence-electron chi connectivity index (χ2n) is 16.2. The Balaban J connectivity index is 0.000000211. The van der Waals surface area contributed by atoms with Crippen LogP contribution in [-0.4, -0.2) is 109 Å². The molecule has 1 N–H and O–H groups in total. The number of carboxylic acid groups (broad SMARTS) is 1. The lowest BCUT2D eigenvalue weighted by atomic mass is 9.84. The molecule has 2 saturated carbocycles. The molecule has 0 bridgehead atoms. The molecule has 2 saturated heterocycles. The van der Waals surface area contributed by atoms with Gasteiger partial charge in [0.2, 0.25) is 31.8 Å². The van der Waals surface area contributed by atoms with E-state index in [0.717, 1.165) is 43.9 Å². The summed E-state index contributed by atoms with van der Waals surface area (Å²) in [6.07, 6.45) is 21.6. The SMILES string of the molecule is COC(=O)C[C@@H](CCCC1CCCCC1)c1nc(C2CN(S(C)(=O)=O)C2)no1.CS(=O)(=O)N1CC(c2noc([C@H](CCCC3CCCCC3)CC(=O)O)n2)C1. The van der Waals surface area contributed by atoms with Crippen molar-refractivity contribution in [1.29, 1.82) is 0 Å². The quantitative estimate of drug-likeness (QED) is 0.182. The number of aromatic nitrogens is 4. The van der Waals surface area contributed by atoms with E-state index in [9.17, 15) is 31.5 Å². The van der Waals surface area contributed by atoms with Crippen LogP contribution in [-0.2, 0) is 34.4 Å². The van der Waals surface area contributed by atoms with Gasteiger partial charge in [0.05, 0.1) is 44.3 Å². The minimum Gasteiger partial charge on any atom is -0.481 e. The Hall–Kier alpha value is -2.96. The molecular formula is C37H60N6O10S2. The van der Waals surface area contributed by atoms with Crippen molar-refractivity contribution in [3.8, 4) is 0 Å². The van der Waals surface area contributed by atoms with E-state index < -0.39 is 26.0 Å². The molecule has 0 aromatic carbocycles. The van der Waals surface area contributed by atoms with Crippen molar-refractivity contribution in [2.24, 2.45) is 11.8 Å². The van der Waals surface area contributed by atoms with Crippen LogP contribution in [0.4, 0.5) is 0 Å². The number of ether oxygens (including phenoxy) is 1. The molecule has 55 heavy (non-hydrogen) atoms. The Kier molecular flexibility index (Phi) is 15.7. The van der Waals surface area contributed by atoms with Crippen LogP contribution in [0.5, 0.6) is 0 Å². The van der Waals surface area contributed by atoms with E-state index in [1.54, 1.807) is 0 Å². The summed E-state index contributed by atoms with van der Waals surface area (Å²) in [5.41, 5.74) is 0. The number of aliphatic carboxylic acids is 1. The van der Waals surface area contributed by atoms with Gasteiger partial charge in [-0.3, -0.25) is 9.59 Å². The number of carbonyl (C=O) groups is 2. The van der Waals surface area contributed by atoms with Crippen LogP contribution in [0.25, 0.3) is 0 Å². The maximum absolute atomic E-state index is 11.8. The minimum absolute atomic E-state index is 0.0214. The van der Waals surface area contributed by atoms with E-state index in [0.29, 0.717) is 49.6 Å². The lowest BCUT2D eigenvalue weighted by molar-refractivity contribution is -0.141. The van der Waals surface area contributed by atoms with Crippen LogP contribution in [0.3, 0.4) is 0 Å². The van der Waals surface area contributed by atoms with Crippen molar-refractivity contribution in [2.75, 3.05) is 45.8 Å². The largest absolute Gasteiger partial charge is 0.481 e. The normalized spacial score (nSPS) is 20.9. The standard InChI is InChI=1S/C19H31N3O5S.C18H29N3O5S/c1-26-17(23)11-15(10-6-9-14-7-4-3-5-8-14)19-20-18(21-27-19)16-12-22(13-16)28(2,24)25;1-27(24,25)21-11-15(12-21)17-19-18(26-20-17)14(10-16(22)23)9-5-8-13-6-3-2-4-7-13/h14-16H,3-13H2,1-2H3;13-15H,2-12H2,1H3,(H,22,23)/t15-;14-/m11/s1. The molecule has 2 aromatic rings. The first kappa shape index (κ1) is 43.2. The second-order valence-corrected chi connectivity index (χ2v) is 20.1. The summed E-state index contributed by atoms with van der Waals surface area (Å²) in [5, 5.41) is 17.3. The fourth-order valence-electron chi connectivity index (χ4n) is 8.28. The zero-order valence-corrected chi connectivity index (χ0v) is 34.3. The Morgan fingerprint density at radius 1 is 0.709 bits per heavy atom. The highest BCUT2D eigenvalue weighted by atomic mass is 32.2. The Morgan fingerprint density at radius 2 is 1.11 bits per heavy atom. The Morgan fingerprint density at radius 3 is 1.47 bits per heavy atom. The number of carboxylic acids is 1. The summed E-state index contributed by atoms with van der Waals surface area (Å²) in [5.74, 6) is 1.68. The molecule has 16 nitrogen and oxygen atoms in total. The van der Waals surface area contributed by atoms with E-state index in [-0.39, 0.29) is 42.5 Å². The molecule has 2 aliphatic carbocycles. The molecule has 0 amide bonds. The number of hydrogen-bond donors (Lipinski definition) is 1. The third kappa shape index (κ3) is 13.0. The van der Waals surface area contributed by atoms with Crippen molar-refractivity contribution < 1.29 is 45.3 Å². The zero-order valence-electron chi connectivity index (χ0n) is 32.6. The zero-order chi connectivity index (χ0) is 39.6. The lowest BCUT2D eigenvalue weighted by Crippen LogP contribution is -2.48. The molecule has 2 aliphatic heterocycles. The van der Waals surface area contributed by atoms with Gasteiger partial charge in [0.1, 0.15) is 0 Å². The predicted octanol–water partition coefficient (Wildman–Crippen LogP) is 5.56. The number of sulfonamides is 2. The first-order valence-electron chi connectivity index (χ1n) is 20.0. The molecular weight excluding hydrogens is 753 g/mol. The highest BCUT2D eigenvalue weighted by Crippen LogP contribution is 2.35. The highest BCUT2D eigenvalue weighted by molar-refractivity contribution is 7.88. The van der Waals surface area contributed by atoms with Crippen LogP contribution in [0.15, 0.2) is 9.05 Å². The molecule has 0 spiro atoms. The van der Waals surface area contributed by atoms with Crippen molar-refractivity contribution in [3.63, 3.8) is 0 Å². The van der Waals surface area contributed by atoms with Crippen LogP contribution in [0, 0.1) is 11.8 Å². The molecule has 2 aromatic heterocycles. The number of nitrogens with zero attached hydrogens (tertiary/aromatic N) is 6. The summed E-state index contributed by atoms with van der Waals surface area (Å²) in [7, 11) is -4.97. The van der Waals surface area contributed by atoms with Gasteiger partial charge in [-0.25, -0.2) is 25.4 Å². The molecule has 310 valence electrons. The fraction of sp³-hybridized carbons (Fsp3) is 0.838. The molecule has 4 aliphatic rings. The van der Waals surface area contributed by atoms with Gasteiger partial charge >= 0.3 is 11.9 Å². The van der Waals surface area contributed by atoms with Gasteiger partial charge in [0.25, 0.3) is 0 Å². The average molecular weight is 813 g/mol. The summed E-state index contributed by atoms with van der Waals surface area (Å²) < 4.78 is 64.4. The third-order valence-corrected chi connectivity index (χ3v) is 14.3. The molecule has 4 heterocycles. The number of methoxy groups -OCH3 is 1. The molecule has 18 heteroatoms. The van der Waals surface area contributed by atoms with E-state index in [4.69, 9.17) is 13.8 Å². The summed E-state index contributed by atoms with van der Waals surface area (Å²) in [4.78, 5) is 32.0. The van der Waals surface area contributed by atoms with Gasteiger partial charge in [-0.15, -0.1) is 0 Å². The number of carbonyl (C=O) groups excluding carboxylic acids is 1. The van der Waals surface area contributed by atoms with Crippen LogP contribution in [0.2, 0.25) is 0 Å². The first-order chi connectivity index (χ1) is 26.2. The van der Waals surface area contributed by atoms with Crippen molar-refractivity contribution in [3.05, 3.63) is 23.4 Å². The summed E-state index contributed by atoms with van der Waals surface area (Å²) in [6.45, 7) is 1.45. The second kappa shape index (κ2) is 19.9. The maximum Gasteiger partial charge on any atom is 0.306 e. The van der Waals surface area contributed by atoms with Gasteiger partial charge in [-0.1, -0.05) is 100 Å². The van der Waals surface area contributed by atoms with Gasteiger partial charge < -0.3 is 18.9 Å². The van der Waals surface area contributed by atoms with Crippen LogP contribution >= 0.6 is 0 Å². The topological polar surface area (TPSA) is 216 Å². The predicted molar refractivity (Wildman–Crippen MR) is 202 cm³/mol. The lowest BCUT2D eigenvalue weighted by Gasteiger charge is -2.34. The summed E-state index contributed by atoms with van der Waals surface area (Å²) in [6, 6.07) is 0. The summed E-state index contributed by atoms with van der Waals surface area (Å²) >= 11 is 0. The van der Waals surface area contributed by atoms with Gasteiger partial charge in [-0.05, 0) is 24.7 Å². The third-order valence-electron chi connectivity index (χ3n) is 11.8. The number of esters is 1. The highest BCUT2D eigenvalue weighted by Gasteiger charge is 2.39. The number of hydrogen-bond acceptors (Lipinski definition) is 13. The minimum atomic E-state index is -3.19. The molecule has 2 atom stereocenters. The van der Waals surface area contributed by atoms with E-state index in [1.165, 1.54) is 98.9 Å². The Bertz CT molecular complexity index is 1740. The van der Waals surface area contributed by atoms with Gasteiger partial charge in [-0.2, -0.15) is 9.97 Å². The smallest absolute Gasteiger partial charge is 0.306 e. The van der Waals surface area contributed by atoms with E-state index >= 15 is 0 Å². The van der Waals surface area contributed by atoms with Crippen LogP contribution < -0.4 is 0 Å².